The van der Waals surface area contributed by atoms with Gasteiger partial charge in [0, 0.05) is 28.1 Å². The van der Waals surface area contributed by atoms with Gasteiger partial charge in [-0.05, 0) is 76.3 Å². The largest absolute Gasteiger partial charge is 0.455 e. The summed E-state index contributed by atoms with van der Waals surface area (Å²) in [5.74, 6) is 0. The highest BCUT2D eigenvalue weighted by atomic mass is 16.3. The van der Waals surface area contributed by atoms with Crippen molar-refractivity contribution in [3.63, 3.8) is 0 Å². The van der Waals surface area contributed by atoms with Crippen molar-refractivity contribution in [2.45, 2.75) is 6.92 Å². The smallest absolute Gasteiger partial charge is 0.151 e. The molecule has 2 nitrogen and oxygen atoms in total. The Morgan fingerprint density at radius 1 is 0.881 bits per heavy atom. The molecule has 0 fully saturated rings. The van der Waals surface area contributed by atoms with Gasteiger partial charge < -0.3 is 9.73 Å². The van der Waals surface area contributed by atoms with Crippen LogP contribution in [0.1, 0.15) is 18.1 Å². The van der Waals surface area contributed by atoms with Gasteiger partial charge in [-0.1, -0.05) is 116 Å². The molecular formula is C40H31NO. The van der Waals surface area contributed by atoms with E-state index in [2.05, 4.69) is 110 Å². The Morgan fingerprint density at radius 2 is 1.74 bits per heavy atom. The van der Waals surface area contributed by atoms with Gasteiger partial charge in [-0.15, -0.1) is 5.73 Å². The van der Waals surface area contributed by atoms with Crippen molar-refractivity contribution in [2.24, 2.45) is 0 Å². The predicted molar refractivity (Wildman–Crippen MR) is 180 cm³/mol. The number of hydrogen-bond acceptors (Lipinski definition) is 2. The monoisotopic (exact) mass is 541 g/mol. The molecule has 1 aliphatic carbocycles. The lowest BCUT2D eigenvalue weighted by Gasteiger charge is -2.14. The maximum absolute atomic E-state index is 6.21. The molecule has 0 bridgehead atoms. The molecule has 0 saturated carbocycles. The first-order chi connectivity index (χ1) is 20.6. The van der Waals surface area contributed by atoms with Crippen molar-refractivity contribution < 1.29 is 4.42 Å². The first-order valence-electron chi connectivity index (χ1n) is 14.0. The average Bonchev–Trinajstić information content (AvgIpc) is 3.21. The third-order valence-corrected chi connectivity index (χ3v) is 7.40. The Labute approximate surface area is 246 Å². The summed E-state index contributed by atoms with van der Waals surface area (Å²) in [6.07, 6.45) is 24.4. The van der Waals surface area contributed by atoms with Crippen molar-refractivity contribution in [1.82, 2.24) is 0 Å². The molecule has 0 unspecified atom stereocenters. The van der Waals surface area contributed by atoms with Crippen LogP contribution in [-0.2, 0) is 0 Å². The van der Waals surface area contributed by atoms with Crippen LogP contribution in [0.4, 0.5) is 5.69 Å². The van der Waals surface area contributed by atoms with Gasteiger partial charge in [-0.25, -0.2) is 0 Å². The van der Waals surface area contributed by atoms with E-state index in [4.69, 9.17) is 4.42 Å². The fourth-order valence-electron chi connectivity index (χ4n) is 5.07. The molecule has 42 heavy (non-hydrogen) atoms. The molecule has 1 N–H and O–H groups in total. The Hall–Kier alpha value is -5.56. The van der Waals surface area contributed by atoms with Crippen molar-refractivity contribution in [1.29, 1.82) is 0 Å². The van der Waals surface area contributed by atoms with E-state index in [0.717, 1.165) is 71.8 Å². The predicted octanol–water partition coefficient (Wildman–Crippen LogP) is 9.04. The maximum atomic E-state index is 6.21. The zero-order valence-electron chi connectivity index (χ0n) is 23.6. The standard InChI is InChI=1S/C40H31NO/c1-28(21-23-31-13-6-4-5-12-29(31)2)20-22-30(3)33-24-25-38-37(26-33)34-16-8-7-14-32(34)15-11-18-36-35-17-9-10-19-39(35)42-40(36)27-41-38/h4,6-27,41H,1,3H2,2H3/b15-11-,22-20-,23-21-,36-18-,40-27-. The normalized spacial score (nSPS) is 16.4. The Bertz CT molecular complexity index is 2080. The number of allylic oxidation sites excluding steroid dienone is 12. The van der Waals surface area contributed by atoms with E-state index in [9.17, 15) is 0 Å². The Kier molecular flexibility index (Phi) is 7.55. The van der Waals surface area contributed by atoms with Gasteiger partial charge in [0.25, 0.3) is 0 Å². The number of fused-ring (bicyclic) bond motifs is 6. The molecule has 2 heteroatoms. The van der Waals surface area contributed by atoms with Crippen molar-refractivity contribution in [3.05, 3.63) is 179 Å². The molecule has 3 aromatic carbocycles. The number of benzene rings is 3. The van der Waals surface area contributed by atoms with Gasteiger partial charge in [0.1, 0.15) is 5.58 Å². The van der Waals surface area contributed by atoms with Gasteiger partial charge in [-0.3, -0.25) is 0 Å². The number of furan rings is 1. The van der Waals surface area contributed by atoms with E-state index in [1.807, 2.05) is 60.9 Å². The minimum Gasteiger partial charge on any atom is -0.455 e. The van der Waals surface area contributed by atoms with E-state index in [1.54, 1.807) is 0 Å². The van der Waals surface area contributed by atoms with Crippen molar-refractivity contribution >= 4 is 40.6 Å². The Balaban J connectivity index is 1.34. The zero-order valence-corrected chi connectivity index (χ0v) is 23.6. The fourth-order valence-corrected chi connectivity index (χ4v) is 5.07. The van der Waals surface area contributed by atoms with Crippen LogP contribution in [0, 0.1) is 0 Å². The summed E-state index contributed by atoms with van der Waals surface area (Å²) in [5, 5.41) is 5.67. The van der Waals surface area contributed by atoms with Gasteiger partial charge in [0.15, 0.2) is 5.42 Å². The average molecular weight is 542 g/mol. The highest BCUT2D eigenvalue weighted by Gasteiger charge is 2.11. The van der Waals surface area contributed by atoms with Crippen LogP contribution in [-0.4, -0.2) is 0 Å². The Morgan fingerprint density at radius 3 is 2.67 bits per heavy atom. The topological polar surface area (TPSA) is 25.2 Å². The molecule has 0 saturated heterocycles. The second-order valence-electron chi connectivity index (χ2n) is 10.3. The van der Waals surface area contributed by atoms with Gasteiger partial charge in [0.05, 0.1) is 0 Å². The molecule has 4 aromatic rings. The molecule has 202 valence electrons. The summed E-state index contributed by atoms with van der Waals surface area (Å²) >= 11 is 0. The highest BCUT2D eigenvalue weighted by Crippen LogP contribution is 2.34. The number of nitrogens with one attached hydrogen (secondary N) is 1. The second kappa shape index (κ2) is 11.9. The molecule has 6 rings (SSSR count). The van der Waals surface area contributed by atoms with E-state index in [1.165, 1.54) is 0 Å². The SMILES string of the molecule is C=C(/C=C\C(=C)c1ccc2c(c1)-c1ccccc1\C=C/C=c1\c(oc3ccccc13)=C\N2)/C=C\C1=C(C)C=C=CC=C1. The highest BCUT2D eigenvalue weighted by molar-refractivity contribution is 5.90. The molecule has 1 aliphatic heterocycles. The fraction of sp³-hybridized carbons (Fsp3) is 0.0250. The minimum atomic E-state index is 0.790. The zero-order chi connectivity index (χ0) is 28.9. The summed E-state index contributed by atoms with van der Waals surface area (Å²) in [6.45, 7) is 10.7. The summed E-state index contributed by atoms with van der Waals surface area (Å²) in [7, 11) is 0. The number of para-hydroxylation sites is 1. The van der Waals surface area contributed by atoms with Crippen LogP contribution in [0.3, 0.4) is 0 Å². The molecule has 2 aliphatic rings. The van der Waals surface area contributed by atoms with Crippen molar-refractivity contribution in [2.75, 3.05) is 5.32 Å². The van der Waals surface area contributed by atoms with Crippen LogP contribution in [0.2, 0.25) is 0 Å². The quantitative estimate of drug-likeness (QED) is 0.201. The summed E-state index contributed by atoms with van der Waals surface area (Å²) in [4.78, 5) is 0. The van der Waals surface area contributed by atoms with Crippen LogP contribution < -0.4 is 16.0 Å². The molecular weight excluding hydrogens is 510 g/mol. The lowest BCUT2D eigenvalue weighted by molar-refractivity contribution is 0.575. The summed E-state index contributed by atoms with van der Waals surface area (Å²) < 4.78 is 6.21. The first-order valence-corrected chi connectivity index (χ1v) is 14.0. The molecule has 2 heterocycles. The molecule has 0 spiro atoms. The van der Waals surface area contributed by atoms with E-state index >= 15 is 0 Å². The first kappa shape index (κ1) is 26.7. The van der Waals surface area contributed by atoms with Gasteiger partial charge >= 0.3 is 0 Å². The minimum absolute atomic E-state index is 0.790. The van der Waals surface area contributed by atoms with Crippen LogP contribution >= 0.6 is 0 Å². The molecule has 0 amide bonds. The van der Waals surface area contributed by atoms with Crippen LogP contribution in [0.5, 0.6) is 0 Å². The number of hydrogen-bond donors (Lipinski definition) is 1. The lowest BCUT2D eigenvalue weighted by Crippen LogP contribution is -2.21. The van der Waals surface area contributed by atoms with E-state index < -0.39 is 0 Å². The third-order valence-electron chi connectivity index (χ3n) is 7.40. The molecule has 0 radical (unpaired) electrons. The lowest BCUT2D eigenvalue weighted by atomic mass is 9.94. The van der Waals surface area contributed by atoms with Gasteiger partial charge in [-0.2, -0.15) is 0 Å². The summed E-state index contributed by atoms with van der Waals surface area (Å²) in [6, 6.07) is 23.0. The molecule has 1 aromatic heterocycles. The van der Waals surface area contributed by atoms with Crippen LogP contribution in [0.15, 0.2) is 161 Å². The van der Waals surface area contributed by atoms with Crippen molar-refractivity contribution in [3.8, 4) is 11.1 Å². The second-order valence-corrected chi connectivity index (χ2v) is 10.3. The third kappa shape index (κ3) is 5.67. The van der Waals surface area contributed by atoms with Crippen LogP contribution in [0.25, 0.3) is 46.0 Å². The summed E-state index contributed by atoms with van der Waals surface area (Å²) in [5.41, 5.74) is 14.3. The molecule has 0 atom stereocenters. The van der Waals surface area contributed by atoms with E-state index in [-0.39, 0.29) is 0 Å². The van der Waals surface area contributed by atoms with E-state index in [0.29, 0.717) is 0 Å². The maximum Gasteiger partial charge on any atom is 0.151 e. The van der Waals surface area contributed by atoms with Gasteiger partial charge in [0.2, 0.25) is 0 Å². The number of rotatable bonds is 5. The number of anilines is 1.